The minimum atomic E-state index is -0.721. The Morgan fingerprint density at radius 3 is 2.55 bits per heavy atom. The minimum Gasteiger partial charge on any atom is -0.481 e. The number of aliphatic carboxylic acids is 1. The van der Waals surface area contributed by atoms with E-state index in [2.05, 4.69) is 11.4 Å². The predicted octanol–water partition coefficient (Wildman–Crippen LogP) is 2.78. The topological polar surface area (TPSA) is 69.6 Å². The van der Waals surface area contributed by atoms with E-state index >= 15 is 0 Å². The molecule has 0 unspecified atom stereocenters. The molecule has 120 valence electrons. The zero-order valence-electron chi connectivity index (χ0n) is 13.2. The maximum atomic E-state index is 12.2. The van der Waals surface area contributed by atoms with Crippen LogP contribution in [-0.4, -0.2) is 35.1 Å². The zero-order valence-corrected chi connectivity index (χ0v) is 13.2. The van der Waals surface area contributed by atoms with Crippen LogP contribution in [0.15, 0.2) is 24.3 Å². The molecule has 0 atom stereocenters. The largest absolute Gasteiger partial charge is 0.481 e. The van der Waals surface area contributed by atoms with Gasteiger partial charge in [0.1, 0.15) is 0 Å². The number of nitrogens with zero attached hydrogens (tertiary/aromatic N) is 1. The van der Waals surface area contributed by atoms with Gasteiger partial charge in [0, 0.05) is 19.6 Å². The highest BCUT2D eigenvalue weighted by molar-refractivity contribution is 5.74. The zero-order chi connectivity index (χ0) is 16.1. The first kappa shape index (κ1) is 16.3. The Balaban J connectivity index is 1.81. The molecule has 1 aromatic rings. The van der Waals surface area contributed by atoms with E-state index in [0.717, 1.165) is 18.4 Å². The number of aryl methyl sites for hydroxylation is 1. The summed E-state index contributed by atoms with van der Waals surface area (Å²) in [4.78, 5) is 24.8. The highest BCUT2D eigenvalue weighted by Gasteiger charge is 2.27. The van der Waals surface area contributed by atoms with E-state index in [-0.39, 0.29) is 18.0 Å². The molecular weight excluding hydrogens is 280 g/mol. The number of carbonyl (C=O) groups excluding carboxylic acids is 1. The number of hydrogen-bond donors (Lipinski definition) is 2. The van der Waals surface area contributed by atoms with Gasteiger partial charge in [-0.2, -0.15) is 0 Å². The van der Waals surface area contributed by atoms with Gasteiger partial charge in [0.15, 0.2) is 0 Å². The molecule has 22 heavy (non-hydrogen) atoms. The van der Waals surface area contributed by atoms with Crippen molar-refractivity contribution in [3.63, 3.8) is 0 Å². The first-order valence-corrected chi connectivity index (χ1v) is 7.75. The quantitative estimate of drug-likeness (QED) is 0.898. The van der Waals surface area contributed by atoms with Crippen LogP contribution in [0.4, 0.5) is 4.79 Å². The number of nitrogens with one attached hydrogen (secondary N) is 1. The van der Waals surface area contributed by atoms with Gasteiger partial charge in [-0.1, -0.05) is 29.8 Å². The fraction of sp³-hybridized carbons (Fsp3) is 0.529. The van der Waals surface area contributed by atoms with Crippen molar-refractivity contribution >= 4 is 12.0 Å². The van der Waals surface area contributed by atoms with E-state index in [0.29, 0.717) is 19.4 Å². The first-order chi connectivity index (χ1) is 10.5. The Labute approximate surface area is 131 Å². The van der Waals surface area contributed by atoms with Crippen molar-refractivity contribution in [3.8, 4) is 0 Å². The summed E-state index contributed by atoms with van der Waals surface area (Å²) in [5, 5.41) is 12.0. The molecule has 1 saturated carbocycles. The van der Waals surface area contributed by atoms with Crippen molar-refractivity contribution in [2.24, 2.45) is 5.92 Å². The van der Waals surface area contributed by atoms with Crippen molar-refractivity contribution in [2.45, 2.75) is 45.2 Å². The third-order valence-electron chi connectivity index (χ3n) is 4.25. The Hall–Kier alpha value is -2.04. The molecule has 0 bridgehead atoms. The van der Waals surface area contributed by atoms with Gasteiger partial charge in [0.05, 0.1) is 5.92 Å². The maximum Gasteiger partial charge on any atom is 0.317 e. The smallest absolute Gasteiger partial charge is 0.317 e. The van der Waals surface area contributed by atoms with Crippen molar-refractivity contribution in [1.82, 2.24) is 10.2 Å². The van der Waals surface area contributed by atoms with Crippen LogP contribution < -0.4 is 5.32 Å². The molecule has 0 radical (unpaired) electrons. The SMILES string of the molecule is Cc1cccc(CN(C)C(=O)NC2CCC(C(=O)O)CC2)c1. The average molecular weight is 304 g/mol. The number of carboxylic acids is 1. The molecule has 0 aromatic heterocycles. The number of hydrogen-bond acceptors (Lipinski definition) is 2. The van der Waals surface area contributed by atoms with Gasteiger partial charge in [-0.15, -0.1) is 0 Å². The second-order valence-electron chi connectivity index (χ2n) is 6.18. The van der Waals surface area contributed by atoms with Gasteiger partial charge >= 0.3 is 12.0 Å². The summed E-state index contributed by atoms with van der Waals surface area (Å²) in [5.41, 5.74) is 2.28. The molecule has 0 aliphatic heterocycles. The molecule has 1 aromatic carbocycles. The highest BCUT2D eigenvalue weighted by atomic mass is 16.4. The van der Waals surface area contributed by atoms with Gasteiger partial charge in [-0.25, -0.2) is 4.79 Å². The number of rotatable bonds is 4. The molecular formula is C17H24N2O3. The molecule has 0 heterocycles. The van der Waals surface area contributed by atoms with Crippen LogP contribution in [0.5, 0.6) is 0 Å². The second-order valence-corrected chi connectivity index (χ2v) is 6.18. The molecule has 1 aliphatic rings. The fourth-order valence-electron chi connectivity index (χ4n) is 2.93. The van der Waals surface area contributed by atoms with Crippen LogP contribution in [0.25, 0.3) is 0 Å². The van der Waals surface area contributed by atoms with Crippen LogP contribution in [-0.2, 0) is 11.3 Å². The second kappa shape index (κ2) is 7.29. The third-order valence-corrected chi connectivity index (χ3v) is 4.25. The van der Waals surface area contributed by atoms with Crippen LogP contribution in [0, 0.1) is 12.8 Å². The Morgan fingerprint density at radius 1 is 1.27 bits per heavy atom. The standard InChI is InChI=1S/C17H24N2O3/c1-12-4-3-5-13(10-12)11-19(2)17(22)18-15-8-6-14(7-9-15)16(20)21/h3-5,10,14-15H,6-9,11H2,1-2H3,(H,18,22)(H,20,21). The molecule has 5 nitrogen and oxygen atoms in total. The van der Waals surface area contributed by atoms with E-state index in [1.807, 2.05) is 25.1 Å². The van der Waals surface area contributed by atoms with Crippen LogP contribution in [0.2, 0.25) is 0 Å². The number of carboxylic acid groups (broad SMARTS) is 1. The lowest BCUT2D eigenvalue weighted by molar-refractivity contribution is -0.142. The van der Waals surface area contributed by atoms with Gasteiger partial charge < -0.3 is 15.3 Å². The summed E-state index contributed by atoms with van der Waals surface area (Å²) >= 11 is 0. The summed E-state index contributed by atoms with van der Waals surface area (Å²) in [6.45, 7) is 2.60. The van der Waals surface area contributed by atoms with Gasteiger partial charge in [0.2, 0.25) is 0 Å². The van der Waals surface area contributed by atoms with Crippen LogP contribution in [0.1, 0.15) is 36.8 Å². The number of carbonyl (C=O) groups is 2. The molecule has 0 spiro atoms. The summed E-state index contributed by atoms with van der Waals surface area (Å²) in [7, 11) is 1.78. The highest BCUT2D eigenvalue weighted by Crippen LogP contribution is 2.24. The summed E-state index contributed by atoms with van der Waals surface area (Å²) in [5.74, 6) is -0.973. The lowest BCUT2D eigenvalue weighted by Crippen LogP contribution is -2.44. The summed E-state index contributed by atoms with van der Waals surface area (Å²) < 4.78 is 0. The van der Waals surface area contributed by atoms with Gasteiger partial charge in [-0.3, -0.25) is 4.79 Å². The molecule has 5 heteroatoms. The molecule has 2 rings (SSSR count). The Bertz CT molecular complexity index is 536. The van der Waals surface area contributed by atoms with Crippen molar-refractivity contribution in [3.05, 3.63) is 35.4 Å². The van der Waals surface area contributed by atoms with Crippen molar-refractivity contribution < 1.29 is 14.7 Å². The maximum absolute atomic E-state index is 12.2. The lowest BCUT2D eigenvalue weighted by Gasteiger charge is -2.29. The fourth-order valence-corrected chi connectivity index (χ4v) is 2.93. The molecule has 1 fully saturated rings. The van der Waals surface area contributed by atoms with Gasteiger partial charge in [-0.05, 0) is 38.2 Å². The number of benzene rings is 1. The molecule has 1 aliphatic carbocycles. The number of urea groups is 1. The van der Waals surface area contributed by atoms with Crippen LogP contribution in [0.3, 0.4) is 0 Å². The van der Waals surface area contributed by atoms with E-state index in [1.165, 1.54) is 5.56 Å². The third kappa shape index (κ3) is 4.48. The minimum absolute atomic E-state index is 0.0862. The van der Waals surface area contributed by atoms with E-state index in [1.54, 1.807) is 11.9 Å². The molecule has 0 saturated heterocycles. The van der Waals surface area contributed by atoms with Crippen molar-refractivity contribution in [1.29, 1.82) is 0 Å². The molecule has 2 amide bonds. The monoisotopic (exact) mass is 304 g/mol. The van der Waals surface area contributed by atoms with Gasteiger partial charge in [0.25, 0.3) is 0 Å². The first-order valence-electron chi connectivity index (χ1n) is 7.75. The molecule has 2 N–H and O–H groups in total. The Morgan fingerprint density at radius 2 is 1.95 bits per heavy atom. The van der Waals surface area contributed by atoms with E-state index < -0.39 is 5.97 Å². The average Bonchev–Trinajstić information content (AvgIpc) is 2.47. The predicted molar refractivity (Wildman–Crippen MR) is 84.6 cm³/mol. The Kier molecular flexibility index (Phi) is 5.41. The van der Waals surface area contributed by atoms with E-state index in [9.17, 15) is 9.59 Å². The van der Waals surface area contributed by atoms with Crippen molar-refractivity contribution in [2.75, 3.05) is 7.05 Å². The normalized spacial score (nSPS) is 21.2. The van der Waals surface area contributed by atoms with Crippen LogP contribution >= 0.6 is 0 Å². The van der Waals surface area contributed by atoms with E-state index in [4.69, 9.17) is 5.11 Å². The number of amides is 2. The summed E-state index contributed by atoms with van der Waals surface area (Å²) in [6.07, 6.45) is 2.76. The summed E-state index contributed by atoms with van der Waals surface area (Å²) in [6, 6.07) is 8.09. The lowest BCUT2D eigenvalue weighted by atomic mass is 9.86.